The quantitative estimate of drug-likeness (QED) is 0.809. The molecule has 1 aromatic carbocycles. The minimum atomic E-state index is -3.52. The highest BCUT2D eigenvalue weighted by atomic mass is 32.2. The second-order valence-electron chi connectivity index (χ2n) is 5.62. The average Bonchev–Trinajstić information content (AvgIpc) is 2.53. The Morgan fingerprint density at radius 3 is 2.48 bits per heavy atom. The number of benzene rings is 1. The van der Waals surface area contributed by atoms with Crippen LogP contribution in [0.4, 0.5) is 0 Å². The van der Waals surface area contributed by atoms with E-state index < -0.39 is 10.2 Å². The lowest BCUT2D eigenvalue weighted by atomic mass is 10.0. The predicted octanol–water partition coefficient (Wildman–Crippen LogP) is 0.707. The molecule has 1 aromatic rings. The first-order valence-corrected chi connectivity index (χ1v) is 8.76. The molecule has 8 heteroatoms. The van der Waals surface area contributed by atoms with Crippen molar-refractivity contribution >= 4 is 16.1 Å². The normalized spacial score (nSPS) is 19.9. The molecule has 0 N–H and O–H groups in total. The molecule has 1 fully saturated rings. The van der Waals surface area contributed by atoms with Crippen LogP contribution >= 0.6 is 0 Å². The van der Waals surface area contributed by atoms with Crippen LogP contribution in [-0.4, -0.2) is 68.7 Å². The molecule has 0 spiro atoms. The van der Waals surface area contributed by atoms with Gasteiger partial charge < -0.3 is 9.64 Å². The van der Waals surface area contributed by atoms with Gasteiger partial charge in [0.2, 0.25) is 5.91 Å². The molecule has 1 aliphatic rings. The van der Waals surface area contributed by atoms with Gasteiger partial charge in [-0.05, 0) is 6.07 Å². The molecule has 1 atom stereocenters. The minimum Gasteiger partial charge on any atom is -0.496 e. The number of carbonyl (C=O) groups is 1. The summed E-state index contributed by atoms with van der Waals surface area (Å²) in [5, 5.41) is 0. The van der Waals surface area contributed by atoms with Gasteiger partial charge in [0.15, 0.2) is 0 Å². The summed E-state index contributed by atoms with van der Waals surface area (Å²) in [6.07, 6.45) is 0. The van der Waals surface area contributed by atoms with E-state index in [9.17, 15) is 13.2 Å². The van der Waals surface area contributed by atoms with Crippen LogP contribution in [0.25, 0.3) is 0 Å². The average molecular weight is 341 g/mol. The Balaban J connectivity index is 2.41. The van der Waals surface area contributed by atoms with Crippen molar-refractivity contribution < 1.29 is 17.9 Å². The smallest absolute Gasteiger partial charge is 0.281 e. The Hall–Kier alpha value is -1.64. The monoisotopic (exact) mass is 341 g/mol. The van der Waals surface area contributed by atoms with E-state index in [0.717, 1.165) is 5.56 Å². The number of nitrogens with zero attached hydrogens (tertiary/aromatic N) is 3. The van der Waals surface area contributed by atoms with Gasteiger partial charge in [-0.15, -0.1) is 0 Å². The summed E-state index contributed by atoms with van der Waals surface area (Å²) in [7, 11) is 1.05. The predicted molar refractivity (Wildman–Crippen MR) is 87.3 cm³/mol. The molecule has 0 aromatic heterocycles. The third kappa shape index (κ3) is 3.49. The fraction of sp³-hybridized carbons (Fsp3) is 0.533. The lowest BCUT2D eigenvalue weighted by molar-refractivity contribution is -0.133. The van der Waals surface area contributed by atoms with E-state index in [-0.39, 0.29) is 25.0 Å². The standard InChI is InChI=1S/C15H23N3O4S/c1-12(19)18-10-9-17(23(20,21)16(2)3)11-14(18)13-7-5-6-8-15(13)22-4/h5-8,14H,9-11H2,1-4H3. The fourth-order valence-corrected chi connectivity index (χ4v) is 3.89. The summed E-state index contributed by atoms with van der Waals surface area (Å²) in [5.41, 5.74) is 0.809. The molecule has 1 amide bonds. The van der Waals surface area contributed by atoms with E-state index in [2.05, 4.69) is 0 Å². The highest BCUT2D eigenvalue weighted by Crippen LogP contribution is 2.33. The van der Waals surface area contributed by atoms with Crippen molar-refractivity contribution in [3.63, 3.8) is 0 Å². The topological polar surface area (TPSA) is 70.2 Å². The van der Waals surface area contributed by atoms with E-state index in [1.54, 1.807) is 12.0 Å². The number of piperazine rings is 1. The molecule has 23 heavy (non-hydrogen) atoms. The first-order valence-electron chi connectivity index (χ1n) is 7.36. The highest BCUT2D eigenvalue weighted by molar-refractivity contribution is 7.86. The van der Waals surface area contributed by atoms with Gasteiger partial charge in [-0.25, -0.2) is 0 Å². The van der Waals surface area contributed by atoms with Crippen LogP contribution in [0.3, 0.4) is 0 Å². The Kier molecular flexibility index (Phi) is 5.28. The summed E-state index contributed by atoms with van der Waals surface area (Å²) in [5.74, 6) is 0.565. The molecule has 128 valence electrons. The number of amides is 1. The van der Waals surface area contributed by atoms with Gasteiger partial charge in [0.1, 0.15) is 5.75 Å². The van der Waals surface area contributed by atoms with Gasteiger partial charge >= 0.3 is 0 Å². The molecule has 0 saturated carbocycles. The molecular formula is C15H23N3O4S. The van der Waals surface area contributed by atoms with Gasteiger partial charge in [-0.1, -0.05) is 18.2 Å². The van der Waals surface area contributed by atoms with E-state index in [4.69, 9.17) is 4.74 Å². The highest BCUT2D eigenvalue weighted by Gasteiger charge is 2.37. The summed E-state index contributed by atoms with van der Waals surface area (Å²) >= 11 is 0. The van der Waals surface area contributed by atoms with Crippen LogP contribution < -0.4 is 4.74 Å². The van der Waals surface area contributed by atoms with Gasteiger partial charge in [0, 0.05) is 46.2 Å². The van der Waals surface area contributed by atoms with Crippen molar-refractivity contribution in [2.45, 2.75) is 13.0 Å². The van der Waals surface area contributed by atoms with Crippen molar-refractivity contribution in [3.8, 4) is 5.75 Å². The Morgan fingerprint density at radius 2 is 1.91 bits per heavy atom. The van der Waals surface area contributed by atoms with Crippen molar-refractivity contribution in [3.05, 3.63) is 29.8 Å². The van der Waals surface area contributed by atoms with Crippen LogP contribution in [0.15, 0.2) is 24.3 Å². The van der Waals surface area contributed by atoms with Crippen LogP contribution in [0.1, 0.15) is 18.5 Å². The third-order valence-corrected chi connectivity index (χ3v) is 5.94. The number of para-hydroxylation sites is 1. The van der Waals surface area contributed by atoms with Crippen molar-refractivity contribution in [2.75, 3.05) is 40.8 Å². The number of rotatable bonds is 4. The van der Waals surface area contributed by atoms with Crippen molar-refractivity contribution in [1.29, 1.82) is 0 Å². The molecule has 1 unspecified atom stereocenters. The molecule has 0 aliphatic carbocycles. The maximum Gasteiger partial charge on any atom is 0.281 e. The van der Waals surface area contributed by atoms with Crippen LogP contribution in [0.5, 0.6) is 5.75 Å². The Morgan fingerprint density at radius 1 is 1.26 bits per heavy atom. The summed E-state index contributed by atoms with van der Waals surface area (Å²) < 4.78 is 32.8. The lowest BCUT2D eigenvalue weighted by Gasteiger charge is -2.41. The lowest BCUT2D eigenvalue weighted by Crippen LogP contribution is -2.54. The first kappa shape index (κ1) is 17.7. The number of carbonyl (C=O) groups excluding carboxylic acids is 1. The second-order valence-corrected chi connectivity index (χ2v) is 7.76. The van der Waals surface area contributed by atoms with Crippen LogP contribution in [0.2, 0.25) is 0 Å². The fourth-order valence-electron chi connectivity index (χ4n) is 2.78. The van der Waals surface area contributed by atoms with Crippen LogP contribution in [-0.2, 0) is 15.0 Å². The van der Waals surface area contributed by atoms with E-state index in [0.29, 0.717) is 12.3 Å². The number of hydrogen-bond donors (Lipinski definition) is 0. The van der Waals surface area contributed by atoms with E-state index >= 15 is 0 Å². The van der Waals surface area contributed by atoms with Crippen LogP contribution in [0, 0.1) is 0 Å². The van der Waals surface area contributed by atoms with Gasteiger partial charge in [0.25, 0.3) is 10.2 Å². The Bertz CT molecular complexity index is 675. The van der Waals surface area contributed by atoms with Crippen molar-refractivity contribution in [2.24, 2.45) is 0 Å². The SMILES string of the molecule is COc1ccccc1C1CN(S(=O)(=O)N(C)C)CCN1C(C)=O. The van der Waals surface area contributed by atoms with Gasteiger partial charge in [-0.2, -0.15) is 17.0 Å². The Labute approximate surface area is 137 Å². The zero-order valence-electron chi connectivity index (χ0n) is 13.9. The zero-order valence-corrected chi connectivity index (χ0v) is 14.7. The molecule has 1 saturated heterocycles. The largest absolute Gasteiger partial charge is 0.496 e. The summed E-state index contributed by atoms with van der Waals surface area (Å²) in [4.78, 5) is 13.7. The third-order valence-electron chi connectivity index (χ3n) is 4.03. The van der Waals surface area contributed by atoms with E-state index in [1.165, 1.54) is 29.6 Å². The number of ether oxygens (including phenoxy) is 1. The first-order chi connectivity index (χ1) is 10.8. The molecular weight excluding hydrogens is 318 g/mol. The van der Waals surface area contributed by atoms with E-state index in [1.807, 2.05) is 24.3 Å². The number of hydrogen-bond acceptors (Lipinski definition) is 4. The molecule has 1 heterocycles. The molecule has 1 aliphatic heterocycles. The maximum absolute atomic E-state index is 12.4. The summed E-state index contributed by atoms with van der Waals surface area (Å²) in [6, 6.07) is 7.01. The molecule has 0 radical (unpaired) electrons. The second kappa shape index (κ2) is 6.86. The molecule has 0 bridgehead atoms. The minimum absolute atomic E-state index is 0.0807. The summed E-state index contributed by atoms with van der Waals surface area (Å²) in [6.45, 7) is 2.34. The van der Waals surface area contributed by atoms with Gasteiger partial charge in [0.05, 0.1) is 13.2 Å². The molecule has 2 rings (SSSR count). The molecule has 7 nitrogen and oxygen atoms in total. The maximum atomic E-state index is 12.4. The number of methoxy groups -OCH3 is 1. The van der Waals surface area contributed by atoms with Crippen molar-refractivity contribution in [1.82, 2.24) is 13.5 Å². The van der Waals surface area contributed by atoms with Gasteiger partial charge in [-0.3, -0.25) is 4.79 Å². The zero-order chi connectivity index (χ0) is 17.2.